The number of nitrogens with zero attached hydrogens (tertiary/aromatic N) is 3. The van der Waals surface area contributed by atoms with Crippen LogP contribution in [0.25, 0.3) is 0 Å². The lowest BCUT2D eigenvalue weighted by atomic mass is 10.0. The van der Waals surface area contributed by atoms with Crippen LogP contribution >= 0.6 is 35.3 Å². The summed E-state index contributed by atoms with van der Waals surface area (Å²) < 4.78 is 0. The Kier molecular flexibility index (Phi) is 11.1. The van der Waals surface area contributed by atoms with Crippen LogP contribution in [-0.2, 0) is 0 Å². The Bertz CT molecular complexity index is 510. The smallest absolute Gasteiger partial charge is 0.191 e. The van der Waals surface area contributed by atoms with Crippen LogP contribution in [-0.4, -0.2) is 68.1 Å². The van der Waals surface area contributed by atoms with Crippen molar-refractivity contribution in [3.63, 3.8) is 0 Å². The van der Waals surface area contributed by atoms with Crippen molar-refractivity contribution in [1.29, 1.82) is 0 Å². The van der Waals surface area contributed by atoms with E-state index in [4.69, 9.17) is 4.99 Å². The summed E-state index contributed by atoms with van der Waals surface area (Å²) in [6.45, 7) is 10.7. The van der Waals surface area contributed by atoms with E-state index in [1.54, 1.807) is 11.3 Å². The van der Waals surface area contributed by atoms with Crippen molar-refractivity contribution < 1.29 is 0 Å². The highest BCUT2D eigenvalue weighted by Gasteiger charge is 2.22. The lowest BCUT2D eigenvalue weighted by molar-refractivity contribution is 0.167. The number of thiophene rings is 1. The molecule has 0 saturated carbocycles. The monoisotopic (exact) mass is 493 g/mol. The van der Waals surface area contributed by atoms with E-state index in [1.165, 1.54) is 30.8 Å². The third kappa shape index (κ3) is 7.32. The molecular weight excluding hydrogens is 457 g/mol. The summed E-state index contributed by atoms with van der Waals surface area (Å²) in [5.41, 5.74) is 0. The topological polar surface area (TPSA) is 42.9 Å². The summed E-state index contributed by atoms with van der Waals surface area (Å²) in [6.07, 6.45) is 2.37. The normalized spacial score (nSPS) is 18.0. The number of likely N-dealkylation sites (tertiary alicyclic amines) is 1. The maximum Gasteiger partial charge on any atom is 0.191 e. The van der Waals surface area contributed by atoms with Gasteiger partial charge in [-0.1, -0.05) is 6.07 Å². The van der Waals surface area contributed by atoms with Crippen molar-refractivity contribution in [2.45, 2.75) is 51.7 Å². The predicted octanol–water partition coefficient (Wildman–Crippen LogP) is 3.40. The fourth-order valence-corrected chi connectivity index (χ4v) is 4.15. The first-order chi connectivity index (χ1) is 12.0. The fourth-order valence-electron chi connectivity index (χ4n) is 3.24. The molecule has 1 aliphatic heterocycles. The minimum absolute atomic E-state index is 0. The summed E-state index contributed by atoms with van der Waals surface area (Å²) in [6, 6.07) is 5.82. The molecule has 150 valence electrons. The van der Waals surface area contributed by atoms with Crippen LogP contribution in [0.5, 0.6) is 0 Å². The second-order valence-electron chi connectivity index (χ2n) is 7.26. The zero-order valence-electron chi connectivity index (χ0n) is 16.9. The van der Waals surface area contributed by atoms with Crippen molar-refractivity contribution in [1.82, 2.24) is 20.4 Å². The molecule has 1 atom stereocenters. The van der Waals surface area contributed by atoms with Gasteiger partial charge in [0.05, 0.1) is 12.6 Å². The van der Waals surface area contributed by atoms with Gasteiger partial charge in [0, 0.05) is 36.6 Å². The molecule has 1 fully saturated rings. The highest BCUT2D eigenvalue weighted by atomic mass is 127. The second kappa shape index (κ2) is 12.2. The molecule has 0 spiro atoms. The van der Waals surface area contributed by atoms with Gasteiger partial charge in [-0.3, -0.25) is 4.99 Å². The Hall–Kier alpha value is -0.380. The predicted molar refractivity (Wildman–Crippen MR) is 125 cm³/mol. The average Bonchev–Trinajstić information content (AvgIpc) is 3.09. The molecule has 26 heavy (non-hydrogen) atoms. The average molecular weight is 494 g/mol. The van der Waals surface area contributed by atoms with Gasteiger partial charge < -0.3 is 20.4 Å². The van der Waals surface area contributed by atoms with Gasteiger partial charge in [-0.25, -0.2) is 0 Å². The molecule has 2 rings (SSSR count). The maximum atomic E-state index is 4.89. The minimum Gasteiger partial charge on any atom is -0.357 e. The minimum atomic E-state index is 0. The summed E-state index contributed by atoms with van der Waals surface area (Å²) in [5.74, 6) is 0.953. The quantitative estimate of drug-likeness (QED) is 0.347. The van der Waals surface area contributed by atoms with Crippen molar-refractivity contribution in [3.05, 3.63) is 22.4 Å². The lowest BCUT2D eigenvalue weighted by Gasteiger charge is -2.35. The standard InChI is InChI=1S/C19H35N5S.HI/c1-6-20-19(22-16-9-11-24(12-10-16)15(2)3)21-14-17(23(4)5)18-8-7-13-25-18;/h7-8,13,15-17H,6,9-12,14H2,1-5H3,(H2,20,21,22);1H. The first-order valence-corrected chi connectivity index (χ1v) is 10.4. The van der Waals surface area contributed by atoms with Gasteiger partial charge in [-0.05, 0) is 59.2 Å². The number of rotatable bonds is 7. The van der Waals surface area contributed by atoms with Gasteiger partial charge in [0.1, 0.15) is 0 Å². The second-order valence-corrected chi connectivity index (χ2v) is 8.24. The van der Waals surface area contributed by atoms with E-state index >= 15 is 0 Å². The van der Waals surface area contributed by atoms with Crippen LogP contribution in [0.2, 0.25) is 0 Å². The van der Waals surface area contributed by atoms with Crippen LogP contribution in [0.3, 0.4) is 0 Å². The van der Waals surface area contributed by atoms with Gasteiger partial charge in [0.2, 0.25) is 0 Å². The van der Waals surface area contributed by atoms with Gasteiger partial charge in [-0.15, -0.1) is 35.3 Å². The van der Waals surface area contributed by atoms with Crippen molar-refractivity contribution in [3.8, 4) is 0 Å². The van der Waals surface area contributed by atoms with Gasteiger partial charge >= 0.3 is 0 Å². The van der Waals surface area contributed by atoms with Gasteiger partial charge in [-0.2, -0.15) is 0 Å². The van der Waals surface area contributed by atoms with Crippen molar-refractivity contribution >= 4 is 41.3 Å². The van der Waals surface area contributed by atoms with E-state index in [-0.39, 0.29) is 24.0 Å². The molecule has 0 amide bonds. The Morgan fingerprint density at radius 3 is 2.54 bits per heavy atom. The molecule has 7 heteroatoms. The van der Waals surface area contributed by atoms with E-state index in [1.807, 2.05) is 0 Å². The van der Waals surface area contributed by atoms with E-state index in [0.29, 0.717) is 18.1 Å². The van der Waals surface area contributed by atoms with Crippen LogP contribution in [0, 0.1) is 0 Å². The fraction of sp³-hybridized carbons (Fsp3) is 0.737. The maximum absolute atomic E-state index is 4.89. The van der Waals surface area contributed by atoms with Crippen LogP contribution in [0.4, 0.5) is 0 Å². The van der Waals surface area contributed by atoms with Crippen LogP contribution in [0.15, 0.2) is 22.5 Å². The number of nitrogens with one attached hydrogen (secondary N) is 2. The molecule has 1 saturated heterocycles. The van der Waals surface area contributed by atoms with Crippen LogP contribution in [0.1, 0.15) is 44.5 Å². The number of likely N-dealkylation sites (N-methyl/N-ethyl adjacent to an activating group) is 1. The number of hydrogen-bond acceptors (Lipinski definition) is 4. The Morgan fingerprint density at radius 2 is 2.04 bits per heavy atom. The molecule has 1 aromatic rings. The molecule has 1 unspecified atom stereocenters. The van der Waals surface area contributed by atoms with E-state index in [9.17, 15) is 0 Å². The lowest BCUT2D eigenvalue weighted by Crippen LogP contribution is -2.50. The zero-order chi connectivity index (χ0) is 18.2. The summed E-state index contributed by atoms with van der Waals surface area (Å²) in [4.78, 5) is 11.1. The summed E-state index contributed by atoms with van der Waals surface area (Å²) in [7, 11) is 4.25. The molecule has 1 aliphatic rings. The van der Waals surface area contributed by atoms with E-state index in [2.05, 4.69) is 72.8 Å². The Balaban J connectivity index is 0.00000338. The number of aliphatic imine (C=N–C) groups is 1. The SMILES string of the molecule is CCNC(=NCC(c1cccs1)N(C)C)NC1CCN(C(C)C)CC1.I. The van der Waals surface area contributed by atoms with E-state index < -0.39 is 0 Å². The highest BCUT2D eigenvalue weighted by Crippen LogP contribution is 2.23. The number of halogens is 1. The molecule has 0 aromatic carbocycles. The first-order valence-electron chi connectivity index (χ1n) is 9.50. The third-order valence-corrected chi connectivity index (χ3v) is 5.84. The largest absolute Gasteiger partial charge is 0.357 e. The molecule has 5 nitrogen and oxygen atoms in total. The molecule has 0 bridgehead atoms. The molecular formula is C19H36IN5S. The van der Waals surface area contributed by atoms with Gasteiger partial charge in [0.25, 0.3) is 0 Å². The highest BCUT2D eigenvalue weighted by molar-refractivity contribution is 14.0. The van der Waals surface area contributed by atoms with E-state index in [0.717, 1.165) is 19.0 Å². The molecule has 0 aliphatic carbocycles. The number of hydrogen-bond donors (Lipinski definition) is 2. The summed E-state index contributed by atoms with van der Waals surface area (Å²) in [5, 5.41) is 9.21. The van der Waals surface area contributed by atoms with Gasteiger partial charge in [0.15, 0.2) is 5.96 Å². The third-order valence-electron chi connectivity index (χ3n) is 4.86. The van der Waals surface area contributed by atoms with Crippen molar-refractivity contribution in [2.75, 3.05) is 40.3 Å². The first kappa shape index (κ1) is 23.7. The number of piperidine rings is 1. The van der Waals surface area contributed by atoms with Crippen LogP contribution < -0.4 is 10.6 Å². The molecule has 1 aromatic heterocycles. The Morgan fingerprint density at radius 1 is 1.35 bits per heavy atom. The summed E-state index contributed by atoms with van der Waals surface area (Å²) >= 11 is 1.81. The molecule has 0 radical (unpaired) electrons. The Labute approximate surface area is 180 Å². The molecule has 2 heterocycles. The zero-order valence-corrected chi connectivity index (χ0v) is 20.0. The number of guanidine groups is 1. The molecule has 2 N–H and O–H groups in total. The van der Waals surface area contributed by atoms with Crippen molar-refractivity contribution in [2.24, 2.45) is 4.99 Å².